The lowest BCUT2D eigenvalue weighted by molar-refractivity contribution is 0.0653. The zero-order valence-electron chi connectivity index (χ0n) is 13.4. The monoisotopic (exact) mass is 301 g/mol. The molecule has 0 radical (unpaired) electrons. The topological polar surface area (TPSA) is 51.3 Å². The van der Waals surface area contributed by atoms with Crippen molar-refractivity contribution < 1.29 is 18.7 Å². The van der Waals surface area contributed by atoms with E-state index < -0.39 is 8.32 Å². The molecule has 116 valence electrons. The molecule has 0 N–H and O–H groups in total. The van der Waals surface area contributed by atoms with E-state index in [1.165, 1.54) is 0 Å². The van der Waals surface area contributed by atoms with Gasteiger partial charge >= 0.3 is 6.09 Å². The number of fused-ring (bicyclic) bond motifs is 1. The zero-order valence-corrected chi connectivity index (χ0v) is 14.4. The van der Waals surface area contributed by atoms with Crippen LogP contribution >= 0.6 is 0 Å². The van der Waals surface area contributed by atoms with E-state index in [0.717, 1.165) is 0 Å². The van der Waals surface area contributed by atoms with Crippen LogP contribution in [-0.2, 0) is 13.9 Å². The Labute approximate surface area is 122 Å². The highest BCUT2D eigenvalue weighted by atomic mass is 28.4. The minimum Gasteiger partial charge on any atom is -0.450 e. The Balaban J connectivity index is 2.00. The Morgan fingerprint density at radius 1 is 1.35 bits per heavy atom. The predicted molar refractivity (Wildman–Crippen MR) is 79.3 cm³/mol. The second kappa shape index (κ2) is 5.31. The average molecular weight is 301 g/mol. The van der Waals surface area contributed by atoms with Gasteiger partial charge in [-0.3, -0.25) is 0 Å². The average Bonchev–Trinajstić information content (AvgIpc) is 3.06. The number of nitrogens with zero attached hydrogens (tertiary/aromatic N) is 1. The van der Waals surface area contributed by atoms with Gasteiger partial charge in [-0.1, -0.05) is 20.8 Å². The maximum Gasteiger partial charge on any atom is 0.409 e. The van der Waals surface area contributed by atoms with Gasteiger partial charge in [-0.05, 0) is 25.1 Å². The summed E-state index contributed by atoms with van der Waals surface area (Å²) in [5.41, 5.74) is 0. The Kier molecular flexibility index (Phi) is 4.19. The maximum absolute atomic E-state index is 11.9. The van der Waals surface area contributed by atoms with Crippen molar-refractivity contribution in [2.75, 3.05) is 19.7 Å². The standard InChI is InChI=1S/C14H27NO4Si/c1-7-17-13(16)15-8-10-12(18-10)11(9-15)19-20(5,6)14(2,3)4/h10-12H,7-9H2,1-6H3. The first-order valence-corrected chi connectivity index (χ1v) is 10.3. The van der Waals surface area contributed by atoms with Crippen LogP contribution < -0.4 is 0 Å². The zero-order chi connectivity index (χ0) is 15.1. The summed E-state index contributed by atoms with van der Waals surface area (Å²) < 4.78 is 17.2. The fraction of sp³-hybridized carbons (Fsp3) is 0.929. The first-order valence-electron chi connectivity index (χ1n) is 7.40. The largest absolute Gasteiger partial charge is 0.450 e. The molecule has 2 fully saturated rings. The number of likely N-dealkylation sites (tertiary alicyclic amines) is 1. The molecule has 6 heteroatoms. The minimum absolute atomic E-state index is 0.0148. The Hall–Kier alpha value is -0.593. The molecule has 0 aromatic carbocycles. The van der Waals surface area contributed by atoms with Crippen LogP contribution in [0.15, 0.2) is 0 Å². The fourth-order valence-electron chi connectivity index (χ4n) is 2.27. The summed E-state index contributed by atoms with van der Waals surface area (Å²) in [5.74, 6) is 0. The van der Waals surface area contributed by atoms with Gasteiger partial charge in [0, 0.05) is 0 Å². The number of carbonyl (C=O) groups excluding carboxylic acids is 1. The first kappa shape index (κ1) is 15.8. The van der Waals surface area contributed by atoms with E-state index in [-0.39, 0.29) is 29.4 Å². The summed E-state index contributed by atoms with van der Waals surface area (Å²) in [6.45, 7) is 14.5. The molecule has 20 heavy (non-hydrogen) atoms. The highest BCUT2D eigenvalue weighted by Crippen LogP contribution is 2.41. The summed E-state index contributed by atoms with van der Waals surface area (Å²) in [7, 11) is -1.85. The van der Waals surface area contributed by atoms with Gasteiger partial charge in [0.1, 0.15) is 12.2 Å². The molecule has 3 atom stereocenters. The van der Waals surface area contributed by atoms with Gasteiger partial charge in [0.25, 0.3) is 0 Å². The number of hydrogen-bond acceptors (Lipinski definition) is 4. The smallest absolute Gasteiger partial charge is 0.409 e. The van der Waals surface area contributed by atoms with Crippen LogP contribution in [0.3, 0.4) is 0 Å². The van der Waals surface area contributed by atoms with E-state index in [1.807, 2.05) is 6.92 Å². The van der Waals surface area contributed by atoms with Crippen LogP contribution in [0, 0.1) is 0 Å². The van der Waals surface area contributed by atoms with Crippen molar-refractivity contribution in [3.63, 3.8) is 0 Å². The SMILES string of the molecule is CCOC(=O)N1CC2OC2C(O[Si](C)(C)C(C)(C)C)C1. The van der Waals surface area contributed by atoms with Crippen LogP contribution in [-0.4, -0.2) is 57.3 Å². The van der Waals surface area contributed by atoms with Crippen molar-refractivity contribution in [3.05, 3.63) is 0 Å². The fourth-order valence-corrected chi connectivity index (χ4v) is 3.59. The number of ether oxygens (including phenoxy) is 2. The van der Waals surface area contributed by atoms with Gasteiger partial charge < -0.3 is 18.8 Å². The number of epoxide rings is 1. The number of rotatable bonds is 3. The third kappa shape index (κ3) is 3.18. The van der Waals surface area contributed by atoms with Crippen LogP contribution in [0.1, 0.15) is 27.7 Å². The molecule has 0 spiro atoms. The second-order valence-electron chi connectivity index (χ2n) is 7.16. The molecule has 1 amide bonds. The summed E-state index contributed by atoms with van der Waals surface area (Å²) in [6.07, 6.45) is 0.0158. The van der Waals surface area contributed by atoms with Crippen molar-refractivity contribution in [1.29, 1.82) is 0 Å². The summed E-state index contributed by atoms with van der Waals surface area (Å²) in [6, 6.07) is 0. The molecule has 2 saturated heterocycles. The van der Waals surface area contributed by atoms with E-state index >= 15 is 0 Å². The van der Waals surface area contributed by atoms with Crippen LogP contribution in [0.5, 0.6) is 0 Å². The highest BCUT2D eigenvalue weighted by Gasteiger charge is 2.54. The molecule has 0 aliphatic carbocycles. The summed E-state index contributed by atoms with van der Waals surface area (Å²) >= 11 is 0. The highest BCUT2D eigenvalue weighted by molar-refractivity contribution is 6.74. The van der Waals surface area contributed by atoms with E-state index in [0.29, 0.717) is 19.7 Å². The Bertz CT molecular complexity index is 380. The van der Waals surface area contributed by atoms with E-state index in [1.54, 1.807) is 4.90 Å². The van der Waals surface area contributed by atoms with E-state index in [4.69, 9.17) is 13.9 Å². The molecule has 0 bridgehead atoms. The number of piperidine rings is 1. The number of hydrogen-bond donors (Lipinski definition) is 0. The molecular weight excluding hydrogens is 274 g/mol. The quantitative estimate of drug-likeness (QED) is 0.594. The molecule has 2 rings (SSSR count). The van der Waals surface area contributed by atoms with Gasteiger partial charge in [-0.2, -0.15) is 0 Å². The number of carbonyl (C=O) groups is 1. The molecule has 2 heterocycles. The molecule has 0 saturated carbocycles. The van der Waals surface area contributed by atoms with E-state index in [2.05, 4.69) is 33.9 Å². The predicted octanol–water partition coefficient (Wildman–Crippen LogP) is 2.62. The first-order chi connectivity index (χ1) is 9.15. The normalized spacial score (nSPS) is 29.9. The molecule has 0 aromatic heterocycles. The molecule has 5 nitrogen and oxygen atoms in total. The maximum atomic E-state index is 11.9. The lowest BCUT2D eigenvalue weighted by Gasteiger charge is -2.41. The second-order valence-corrected chi connectivity index (χ2v) is 11.9. The van der Waals surface area contributed by atoms with Crippen molar-refractivity contribution in [2.24, 2.45) is 0 Å². The van der Waals surface area contributed by atoms with E-state index in [9.17, 15) is 4.79 Å². The van der Waals surface area contributed by atoms with Crippen LogP contribution in [0.25, 0.3) is 0 Å². The van der Waals surface area contributed by atoms with Crippen molar-refractivity contribution >= 4 is 14.4 Å². The molecule has 3 unspecified atom stereocenters. The third-order valence-corrected chi connectivity index (χ3v) is 9.07. The van der Waals surface area contributed by atoms with Gasteiger partial charge in [-0.15, -0.1) is 0 Å². The van der Waals surface area contributed by atoms with Gasteiger partial charge in [0.2, 0.25) is 0 Å². The van der Waals surface area contributed by atoms with Crippen molar-refractivity contribution in [1.82, 2.24) is 4.90 Å². The van der Waals surface area contributed by atoms with Gasteiger partial charge in [0.05, 0.1) is 25.8 Å². The molecule has 0 aromatic rings. The molecule has 2 aliphatic rings. The molecule has 2 aliphatic heterocycles. The van der Waals surface area contributed by atoms with Gasteiger partial charge in [0.15, 0.2) is 8.32 Å². The minimum atomic E-state index is -1.85. The third-order valence-electron chi connectivity index (χ3n) is 4.57. The Morgan fingerprint density at radius 3 is 2.55 bits per heavy atom. The van der Waals surface area contributed by atoms with Crippen molar-refractivity contribution in [3.8, 4) is 0 Å². The lowest BCUT2D eigenvalue weighted by Crippen LogP contribution is -2.53. The summed E-state index contributed by atoms with van der Waals surface area (Å²) in [5, 5.41) is 0.156. The molecular formula is C14H27NO4Si. The van der Waals surface area contributed by atoms with Crippen molar-refractivity contribution in [2.45, 2.75) is 64.1 Å². The van der Waals surface area contributed by atoms with Crippen LogP contribution in [0.2, 0.25) is 18.1 Å². The van der Waals surface area contributed by atoms with Gasteiger partial charge in [-0.25, -0.2) is 4.79 Å². The lowest BCUT2D eigenvalue weighted by atomic mass is 10.1. The Morgan fingerprint density at radius 2 is 2.00 bits per heavy atom. The summed E-state index contributed by atoms with van der Waals surface area (Å²) in [4.78, 5) is 13.6. The van der Waals surface area contributed by atoms with Crippen LogP contribution in [0.4, 0.5) is 4.79 Å². The number of amides is 1.